The van der Waals surface area contributed by atoms with Crippen LogP contribution in [0.3, 0.4) is 0 Å². The van der Waals surface area contributed by atoms with E-state index in [1.54, 1.807) is 6.92 Å². The van der Waals surface area contributed by atoms with Crippen LogP contribution in [0, 0.1) is 6.92 Å². The Morgan fingerprint density at radius 1 is 1.56 bits per heavy atom. The number of nitrogens with one attached hydrogen (secondary N) is 1. The molecule has 0 aliphatic rings. The van der Waals surface area contributed by atoms with Crippen molar-refractivity contribution in [3.8, 4) is 0 Å². The zero-order valence-corrected chi connectivity index (χ0v) is 8.77. The van der Waals surface area contributed by atoms with Gasteiger partial charge < -0.3 is 21.3 Å². The normalized spacial score (nSPS) is 12.1. The lowest BCUT2D eigenvalue weighted by Crippen LogP contribution is -2.42. The third-order valence-corrected chi connectivity index (χ3v) is 1.74. The van der Waals surface area contributed by atoms with Crippen LogP contribution in [-0.4, -0.2) is 28.0 Å². The first-order chi connectivity index (χ1) is 7.49. The average molecular weight is 227 g/mol. The van der Waals surface area contributed by atoms with Crippen molar-refractivity contribution >= 4 is 11.8 Å². The molecule has 0 aliphatic heterocycles. The largest absolute Gasteiger partial charge is 0.370 e. The van der Waals surface area contributed by atoms with Crippen molar-refractivity contribution < 1.29 is 14.1 Å². The minimum Gasteiger partial charge on any atom is -0.370 e. The number of nitrogens with zero attached hydrogens (tertiary/aromatic N) is 2. The molecule has 16 heavy (non-hydrogen) atoms. The molecule has 5 N–H and O–H groups in total. The van der Waals surface area contributed by atoms with E-state index in [4.69, 9.17) is 16.0 Å². The van der Waals surface area contributed by atoms with Gasteiger partial charge in [-0.1, -0.05) is 5.16 Å². The summed E-state index contributed by atoms with van der Waals surface area (Å²) in [6, 6.07) is -0.957. The number of hydrogen-bond donors (Lipinski definition) is 3. The van der Waals surface area contributed by atoms with Crippen LogP contribution in [0.25, 0.3) is 0 Å². The summed E-state index contributed by atoms with van der Waals surface area (Å²) in [4.78, 5) is 25.7. The molecular formula is C8H13N5O3. The van der Waals surface area contributed by atoms with Gasteiger partial charge in [0.25, 0.3) is 0 Å². The first-order valence-corrected chi connectivity index (χ1v) is 4.60. The first kappa shape index (κ1) is 12.1. The Hall–Kier alpha value is -1.96. The van der Waals surface area contributed by atoms with Gasteiger partial charge in [0.1, 0.15) is 0 Å². The van der Waals surface area contributed by atoms with Crippen LogP contribution in [0.2, 0.25) is 0 Å². The highest BCUT2D eigenvalue weighted by atomic mass is 16.5. The van der Waals surface area contributed by atoms with E-state index in [2.05, 4.69) is 15.5 Å². The van der Waals surface area contributed by atoms with E-state index in [0.717, 1.165) is 0 Å². The molecule has 0 aromatic carbocycles. The van der Waals surface area contributed by atoms with E-state index in [9.17, 15) is 9.59 Å². The highest BCUT2D eigenvalue weighted by Crippen LogP contribution is 1.95. The van der Waals surface area contributed by atoms with Crippen LogP contribution in [0.1, 0.15) is 18.1 Å². The summed E-state index contributed by atoms with van der Waals surface area (Å²) >= 11 is 0. The molecule has 1 rings (SSSR count). The van der Waals surface area contributed by atoms with Crippen LogP contribution in [0.15, 0.2) is 4.52 Å². The number of aromatic nitrogens is 2. The van der Waals surface area contributed by atoms with Gasteiger partial charge in [-0.2, -0.15) is 4.98 Å². The maximum absolute atomic E-state index is 11.3. The third kappa shape index (κ3) is 3.65. The summed E-state index contributed by atoms with van der Waals surface area (Å²) in [5.74, 6) is -0.367. The molecule has 1 unspecified atom stereocenters. The van der Waals surface area contributed by atoms with Crippen molar-refractivity contribution in [2.45, 2.75) is 25.9 Å². The Bertz CT molecular complexity index is 389. The number of carbonyl (C=O) groups is 2. The second-order valence-electron chi connectivity index (χ2n) is 3.23. The van der Waals surface area contributed by atoms with E-state index >= 15 is 0 Å². The van der Waals surface area contributed by atoms with E-state index in [-0.39, 0.29) is 18.9 Å². The summed E-state index contributed by atoms with van der Waals surface area (Å²) in [7, 11) is 0. The Labute approximate surface area is 91.4 Å². The van der Waals surface area contributed by atoms with Gasteiger partial charge in [0.15, 0.2) is 5.82 Å². The molecule has 0 aliphatic carbocycles. The molecule has 2 amide bonds. The van der Waals surface area contributed by atoms with Crippen molar-refractivity contribution in [1.82, 2.24) is 15.5 Å². The lowest BCUT2D eigenvalue weighted by atomic mass is 10.2. The number of rotatable bonds is 5. The van der Waals surface area contributed by atoms with Gasteiger partial charge in [-0.05, 0) is 6.92 Å². The maximum Gasteiger partial charge on any atom is 0.246 e. The Morgan fingerprint density at radius 2 is 2.25 bits per heavy atom. The monoisotopic (exact) mass is 227 g/mol. The third-order valence-electron chi connectivity index (χ3n) is 1.74. The average Bonchev–Trinajstić information content (AvgIpc) is 2.59. The fraction of sp³-hybridized carbons (Fsp3) is 0.500. The molecule has 1 heterocycles. The molecule has 0 saturated heterocycles. The molecular weight excluding hydrogens is 214 g/mol. The number of aryl methyl sites for hydroxylation is 1. The lowest BCUT2D eigenvalue weighted by molar-refractivity contribution is -0.126. The minimum absolute atomic E-state index is 0.0755. The molecule has 1 aromatic heterocycles. The van der Waals surface area contributed by atoms with Crippen LogP contribution in [-0.2, 0) is 16.1 Å². The number of hydrogen-bond acceptors (Lipinski definition) is 6. The molecule has 8 heteroatoms. The quantitative estimate of drug-likeness (QED) is 0.542. The standard InChI is InChI=1S/C8H13N5O3/c1-4-12-7(16-13-4)3-11-8(15)5(9)2-6(10)14/h5H,2-3,9H2,1H3,(H2,10,14)(H,11,15). The van der Waals surface area contributed by atoms with Crippen molar-refractivity contribution in [1.29, 1.82) is 0 Å². The lowest BCUT2D eigenvalue weighted by Gasteiger charge is -2.08. The molecule has 0 saturated carbocycles. The molecule has 1 aromatic rings. The topological polar surface area (TPSA) is 137 Å². The Morgan fingerprint density at radius 3 is 2.75 bits per heavy atom. The molecule has 1 atom stereocenters. The number of primary amides is 1. The van der Waals surface area contributed by atoms with Gasteiger partial charge >= 0.3 is 0 Å². The van der Waals surface area contributed by atoms with E-state index in [0.29, 0.717) is 5.82 Å². The SMILES string of the molecule is Cc1noc(CNC(=O)C(N)CC(N)=O)n1. The highest BCUT2D eigenvalue weighted by Gasteiger charge is 2.16. The number of amides is 2. The second-order valence-corrected chi connectivity index (χ2v) is 3.23. The predicted octanol–water partition coefficient (Wildman–Crippen LogP) is -1.80. The van der Waals surface area contributed by atoms with Crippen molar-refractivity contribution in [3.63, 3.8) is 0 Å². The first-order valence-electron chi connectivity index (χ1n) is 4.60. The Balaban J connectivity index is 2.37. The maximum atomic E-state index is 11.3. The molecule has 0 bridgehead atoms. The zero-order valence-electron chi connectivity index (χ0n) is 8.77. The number of carbonyl (C=O) groups excluding carboxylic acids is 2. The van der Waals surface area contributed by atoms with Gasteiger partial charge in [-0.15, -0.1) is 0 Å². The smallest absolute Gasteiger partial charge is 0.246 e. The van der Waals surface area contributed by atoms with E-state index in [1.807, 2.05) is 0 Å². The Kier molecular flexibility index (Phi) is 3.95. The van der Waals surface area contributed by atoms with E-state index < -0.39 is 17.9 Å². The minimum atomic E-state index is -0.957. The molecule has 8 nitrogen and oxygen atoms in total. The summed E-state index contributed by atoms with van der Waals surface area (Å²) in [5, 5.41) is 5.99. The van der Waals surface area contributed by atoms with Gasteiger partial charge in [0, 0.05) is 0 Å². The fourth-order valence-corrected chi connectivity index (χ4v) is 1.02. The summed E-state index contributed by atoms with van der Waals surface area (Å²) in [6.07, 6.45) is -0.200. The van der Waals surface area contributed by atoms with Crippen LogP contribution >= 0.6 is 0 Å². The van der Waals surface area contributed by atoms with Gasteiger partial charge in [0.2, 0.25) is 17.7 Å². The highest BCUT2D eigenvalue weighted by molar-refractivity contribution is 5.87. The van der Waals surface area contributed by atoms with Gasteiger partial charge in [0.05, 0.1) is 19.0 Å². The van der Waals surface area contributed by atoms with Gasteiger partial charge in [-0.25, -0.2) is 0 Å². The fourth-order valence-electron chi connectivity index (χ4n) is 1.02. The molecule has 0 radical (unpaired) electrons. The van der Waals surface area contributed by atoms with Crippen LogP contribution in [0.4, 0.5) is 0 Å². The van der Waals surface area contributed by atoms with Crippen molar-refractivity contribution in [2.75, 3.05) is 0 Å². The predicted molar refractivity (Wildman–Crippen MR) is 52.7 cm³/mol. The molecule has 88 valence electrons. The second kappa shape index (κ2) is 5.21. The molecule has 0 fully saturated rings. The molecule has 0 spiro atoms. The van der Waals surface area contributed by atoms with E-state index in [1.165, 1.54) is 0 Å². The van der Waals surface area contributed by atoms with Crippen molar-refractivity contribution in [3.05, 3.63) is 11.7 Å². The van der Waals surface area contributed by atoms with Crippen LogP contribution in [0.5, 0.6) is 0 Å². The number of nitrogens with two attached hydrogens (primary N) is 2. The summed E-state index contributed by atoms with van der Waals surface area (Å²) in [5.41, 5.74) is 10.3. The zero-order chi connectivity index (χ0) is 12.1. The van der Waals surface area contributed by atoms with Crippen molar-refractivity contribution in [2.24, 2.45) is 11.5 Å². The van der Waals surface area contributed by atoms with Crippen LogP contribution < -0.4 is 16.8 Å². The summed E-state index contributed by atoms with van der Waals surface area (Å²) in [6.45, 7) is 1.74. The van der Waals surface area contributed by atoms with Gasteiger partial charge in [-0.3, -0.25) is 9.59 Å². The summed E-state index contributed by atoms with van der Waals surface area (Å²) < 4.78 is 4.77.